The quantitative estimate of drug-likeness (QED) is 0.439. The van der Waals surface area contributed by atoms with Crippen LogP contribution in [0.4, 0.5) is 0 Å². The minimum atomic E-state index is -1.64. The lowest BCUT2D eigenvalue weighted by Crippen LogP contribution is -2.80. The van der Waals surface area contributed by atoms with Crippen LogP contribution < -0.4 is 0 Å². The van der Waals surface area contributed by atoms with Crippen LogP contribution >= 0.6 is 0 Å². The summed E-state index contributed by atoms with van der Waals surface area (Å²) < 4.78 is 12.0. The molecule has 0 amide bonds. The third kappa shape index (κ3) is 2.88. The van der Waals surface area contributed by atoms with E-state index in [4.69, 9.17) is 9.16 Å². The molecule has 0 aromatic heterocycles. The van der Waals surface area contributed by atoms with E-state index in [1.165, 1.54) is 18.5 Å². The molecule has 1 heterocycles. The highest BCUT2D eigenvalue weighted by molar-refractivity contribution is 7.68. The summed E-state index contributed by atoms with van der Waals surface area (Å²) in [6.07, 6.45) is 2.48. The molecule has 0 spiro atoms. The lowest BCUT2D eigenvalue weighted by Gasteiger charge is -2.56. The molecule has 0 N–H and O–H groups in total. The molecule has 1 saturated heterocycles. The van der Waals surface area contributed by atoms with Crippen molar-refractivity contribution in [2.45, 2.75) is 64.3 Å². The van der Waals surface area contributed by atoms with E-state index in [-0.39, 0.29) is 11.7 Å². The van der Waals surface area contributed by atoms with Gasteiger partial charge in [-0.2, -0.15) is 0 Å². The number of esters is 1. The second kappa shape index (κ2) is 6.29. The summed E-state index contributed by atoms with van der Waals surface area (Å²) in [6, 6.07) is 2.38. The van der Waals surface area contributed by atoms with Gasteiger partial charge in [0.15, 0.2) is 7.83 Å². The first kappa shape index (κ1) is 17.9. The first-order valence-electron chi connectivity index (χ1n) is 7.61. The van der Waals surface area contributed by atoms with Crippen LogP contribution in [0, 0.1) is 0 Å². The summed E-state index contributed by atoms with van der Waals surface area (Å²) >= 11 is 0. The Labute approximate surface area is 126 Å². The second-order valence-electron chi connectivity index (χ2n) is 6.91. The van der Waals surface area contributed by atoms with Crippen molar-refractivity contribution in [1.82, 2.24) is 0 Å². The SMILES string of the molecule is C=CC(=O)OC(C)[Si]1(C)CCO[Si](C)(CCC)[Si]1(C)C. The smallest absolute Gasteiger partial charge is 0.330 e. The van der Waals surface area contributed by atoms with E-state index in [9.17, 15) is 4.79 Å². The summed E-state index contributed by atoms with van der Waals surface area (Å²) in [4.78, 5) is 11.6. The molecule has 0 bridgehead atoms. The maximum atomic E-state index is 11.6. The molecule has 0 aliphatic carbocycles. The maximum absolute atomic E-state index is 11.6. The third-order valence-corrected chi connectivity index (χ3v) is 46.4. The highest BCUT2D eigenvalue weighted by Gasteiger charge is 2.63. The van der Waals surface area contributed by atoms with Crippen LogP contribution in [0.1, 0.15) is 20.3 Å². The molecule has 1 rings (SSSR count). The van der Waals surface area contributed by atoms with Gasteiger partial charge in [0, 0.05) is 12.7 Å². The molecule has 1 aliphatic heterocycles. The lowest BCUT2D eigenvalue weighted by molar-refractivity contribution is -0.139. The van der Waals surface area contributed by atoms with E-state index in [0.717, 1.165) is 12.7 Å². The standard InChI is InChI=1S/C14H30O3Si3/c1-8-11-20(7)16-10-12-19(6,18(20,4)5)13(3)17-14(15)9-2/h9,13H,2,8,10-12H2,1,3-7H3. The Hall–Kier alpha value is -0.179. The minimum absolute atomic E-state index is 0.0715. The summed E-state index contributed by atoms with van der Waals surface area (Å²) in [7, 11) is -4.79. The summed E-state index contributed by atoms with van der Waals surface area (Å²) in [5, 5.41) is 0. The van der Waals surface area contributed by atoms with Gasteiger partial charge >= 0.3 is 5.97 Å². The summed E-state index contributed by atoms with van der Waals surface area (Å²) in [5.74, 6) is -0.277. The van der Waals surface area contributed by atoms with Gasteiger partial charge in [-0.05, 0) is 25.6 Å². The fourth-order valence-electron chi connectivity index (χ4n) is 3.51. The van der Waals surface area contributed by atoms with Crippen molar-refractivity contribution in [3.05, 3.63) is 12.7 Å². The Kier molecular flexibility index (Phi) is 5.62. The van der Waals surface area contributed by atoms with Crippen molar-refractivity contribution >= 4 is 28.5 Å². The van der Waals surface area contributed by atoms with Crippen LogP contribution in [0.15, 0.2) is 12.7 Å². The zero-order valence-corrected chi connectivity index (χ0v) is 16.9. The highest BCUT2D eigenvalue weighted by atomic mass is 29.6. The molecule has 3 unspecified atom stereocenters. The largest absolute Gasteiger partial charge is 0.464 e. The zero-order chi connectivity index (χ0) is 15.6. The Morgan fingerprint density at radius 3 is 2.50 bits per heavy atom. The van der Waals surface area contributed by atoms with E-state index in [2.05, 4.69) is 46.6 Å². The molecule has 0 saturated carbocycles. The molecule has 116 valence electrons. The van der Waals surface area contributed by atoms with Crippen molar-refractivity contribution in [1.29, 1.82) is 0 Å². The van der Waals surface area contributed by atoms with Gasteiger partial charge in [0.2, 0.25) is 0 Å². The maximum Gasteiger partial charge on any atom is 0.330 e. The Morgan fingerprint density at radius 1 is 1.40 bits per heavy atom. The number of carbonyl (C=O) groups is 1. The van der Waals surface area contributed by atoms with Gasteiger partial charge in [-0.1, -0.05) is 39.6 Å². The molecule has 20 heavy (non-hydrogen) atoms. The van der Waals surface area contributed by atoms with Gasteiger partial charge in [-0.3, -0.25) is 0 Å². The van der Waals surface area contributed by atoms with E-state index >= 15 is 0 Å². The number of hydrogen-bond donors (Lipinski definition) is 0. The van der Waals surface area contributed by atoms with Crippen LogP contribution in [0.5, 0.6) is 0 Å². The van der Waals surface area contributed by atoms with E-state index in [0.29, 0.717) is 0 Å². The van der Waals surface area contributed by atoms with E-state index in [1.807, 2.05) is 0 Å². The average Bonchev–Trinajstić information content (AvgIpc) is 2.36. The fourth-order valence-corrected chi connectivity index (χ4v) is 39.2. The summed E-state index contributed by atoms with van der Waals surface area (Å²) in [6.45, 7) is 18.6. The van der Waals surface area contributed by atoms with E-state index < -0.39 is 22.5 Å². The molecule has 0 aromatic rings. The fraction of sp³-hybridized carbons (Fsp3) is 0.786. The number of hydrogen-bond acceptors (Lipinski definition) is 3. The molecule has 0 radical (unpaired) electrons. The molecule has 1 fully saturated rings. The second-order valence-corrected chi connectivity index (χ2v) is 33.2. The molecule has 0 aromatic carbocycles. The first-order valence-corrected chi connectivity index (χ1v) is 18.0. The van der Waals surface area contributed by atoms with Crippen LogP contribution in [0.3, 0.4) is 0 Å². The van der Waals surface area contributed by atoms with Gasteiger partial charge < -0.3 is 9.16 Å². The molecule has 3 atom stereocenters. The molecular weight excluding hydrogens is 300 g/mol. The van der Waals surface area contributed by atoms with Gasteiger partial charge in [-0.25, -0.2) is 4.79 Å². The van der Waals surface area contributed by atoms with Crippen LogP contribution in [0.2, 0.25) is 38.3 Å². The number of rotatable bonds is 5. The minimum Gasteiger partial charge on any atom is -0.464 e. The summed E-state index contributed by atoms with van der Waals surface area (Å²) in [5.41, 5.74) is 0.0715. The highest BCUT2D eigenvalue weighted by Crippen LogP contribution is 2.41. The van der Waals surface area contributed by atoms with Gasteiger partial charge in [0.1, 0.15) is 0 Å². The third-order valence-electron chi connectivity index (χ3n) is 5.88. The molecule has 3 nitrogen and oxygen atoms in total. The van der Waals surface area contributed by atoms with Crippen molar-refractivity contribution in [2.24, 2.45) is 0 Å². The zero-order valence-electron chi connectivity index (χ0n) is 13.9. The van der Waals surface area contributed by atoms with Crippen molar-refractivity contribution in [2.75, 3.05) is 6.61 Å². The normalized spacial score (nSPS) is 34.3. The number of ether oxygens (including phenoxy) is 1. The Bertz CT molecular complexity index is 382. The Morgan fingerprint density at radius 2 is 2.00 bits per heavy atom. The first-order chi connectivity index (χ1) is 9.14. The average molecular weight is 331 g/mol. The van der Waals surface area contributed by atoms with Crippen molar-refractivity contribution < 1.29 is 14.0 Å². The van der Waals surface area contributed by atoms with Gasteiger partial charge in [0.05, 0.1) is 20.4 Å². The number of carbonyl (C=O) groups excluding carboxylic acids is 1. The van der Waals surface area contributed by atoms with Crippen molar-refractivity contribution in [3.8, 4) is 0 Å². The predicted octanol–water partition coefficient (Wildman–Crippen LogP) is 3.60. The van der Waals surface area contributed by atoms with Crippen LogP contribution in [0.25, 0.3) is 0 Å². The van der Waals surface area contributed by atoms with Gasteiger partial charge in [0.25, 0.3) is 0 Å². The van der Waals surface area contributed by atoms with Crippen molar-refractivity contribution in [3.63, 3.8) is 0 Å². The molecule has 6 heteroatoms. The molecular formula is C14H30O3Si3. The van der Waals surface area contributed by atoms with Crippen LogP contribution in [-0.2, 0) is 14.0 Å². The van der Waals surface area contributed by atoms with Gasteiger partial charge in [-0.15, -0.1) is 0 Å². The monoisotopic (exact) mass is 330 g/mol. The lowest BCUT2D eigenvalue weighted by atomic mass is 10.6. The topological polar surface area (TPSA) is 35.5 Å². The van der Waals surface area contributed by atoms with E-state index in [1.54, 1.807) is 0 Å². The Balaban J connectivity index is 3.07. The predicted molar refractivity (Wildman–Crippen MR) is 92.3 cm³/mol. The van der Waals surface area contributed by atoms with Crippen LogP contribution in [-0.4, -0.2) is 40.8 Å². The molecule has 1 aliphatic rings.